The predicted octanol–water partition coefficient (Wildman–Crippen LogP) is 2.08. The Morgan fingerprint density at radius 2 is 2.18 bits per heavy atom. The molecule has 0 bridgehead atoms. The Balaban J connectivity index is 3.40. The van der Waals surface area contributed by atoms with Crippen molar-refractivity contribution in [1.82, 2.24) is 0 Å². The van der Waals surface area contributed by atoms with Gasteiger partial charge < -0.3 is 4.74 Å². The summed E-state index contributed by atoms with van der Waals surface area (Å²) >= 11 is 1.78. The van der Waals surface area contributed by atoms with E-state index in [0.717, 1.165) is 5.75 Å². The minimum Gasteiger partial charge on any atom is -0.466 e. The van der Waals surface area contributed by atoms with Gasteiger partial charge in [-0.05, 0) is 12.7 Å². The van der Waals surface area contributed by atoms with E-state index in [1.54, 1.807) is 11.8 Å². The normalized spacial score (nSPS) is 12.6. The van der Waals surface area contributed by atoms with Crippen molar-refractivity contribution in [2.24, 2.45) is 0 Å². The van der Waals surface area contributed by atoms with Crippen molar-refractivity contribution in [2.45, 2.75) is 32.4 Å². The molecule has 0 aliphatic heterocycles. The molecule has 0 aliphatic rings. The fourth-order valence-electron chi connectivity index (χ4n) is 0.798. The number of carbonyl (C=O) groups is 1. The highest BCUT2D eigenvalue weighted by Crippen LogP contribution is 2.13. The van der Waals surface area contributed by atoms with Gasteiger partial charge in [-0.25, -0.2) is 0 Å². The highest BCUT2D eigenvalue weighted by atomic mass is 32.2. The molecule has 66 valence electrons. The molecule has 0 heterocycles. The second kappa shape index (κ2) is 6.53. The molecule has 0 radical (unpaired) electrons. The zero-order chi connectivity index (χ0) is 8.69. The maximum absolute atomic E-state index is 10.9. The van der Waals surface area contributed by atoms with Crippen LogP contribution in [0.1, 0.15) is 27.2 Å². The van der Waals surface area contributed by atoms with Crippen LogP contribution in [0.2, 0.25) is 0 Å². The van der Waals surface area contributed by atoms with Crippen LogP contribution in [0.5, 0.6) is 0 Å². The lowest BCUT2D eigenvalue weighted by molar-refractivity contribution is -0.142. The van der Waals surface area contributed by atoms with E-state index in [1.807, 2.05) is 13.8 Å². The molecule has 0 aromatic heterocycles. The van der Waals surface area contributed by atoms with Gasteiger partial charge in [-0.2, -0.15) is 11.8 Å². The second-order valence-electron chi connectivity index (χ2n) is 2.28. The van der Waals surface area contributed by atoms with Gasteiger partial charge in [-0.3, -0.25) is 4.79 Å². The van der Waals surface area contributed by atoms with Gasteiger partial charge >= 0.3 is 5.97 Å². The number of esters is 1. The third-order valence-corrected chi connectivity index (χ3v) is 2.28. The van der Waals surface area contributed by atoms with Gasteiger partial charge in [-0.15, -0.1) is 0 Å². The van der Waals surface area contributed by atoms with Crippen molar-refractivity contribution in [2.75, 3.05) is 12.4 Å². The van der Waals surface area contributed by atoms with Crippen LogP contribution in [-0.2, 0) is 9.53 Å². The standard InChI is InChI=1S/C8H16O2S/c1-4-10-8(9)6-7(3)11-5-2/h7H,4-6H2,1-3H3/t7-/m1/s1. The molecule has 3 heteroatoms. The third kappa shape index (κ3) is 6.23. The van der Waals surface area contributed by atoms with Crippen molar-refractivity contribution in [3.63, 3.8) is 0 Å². The van der Waals surface area contributed by atoms with E-state index in [-0.39, 0.29) is 5.97 Å². The van der Waals surface area contributed by atoms with Crippen molar-refractivity contribution >= 4 is 17.7 Å². The highest BCUT2D eigenvalue weighted by molar-refractivity contribution is 7.99. The molecule has 0 spiro atoms. The summed E-state index contributed by atoms with van der Waals surface area (Å²) in [5.41, 5.74) is 0. The molecule has 0 aromatic rings. The van der Waals surface area contributed by atoms with E-state index in [1.165, 1.54) is 0 Å². The van der Waals surface area contributed by atoms with Crippen LogP contribution in [0.25, 0.3) is 0 Å². The van der Waals surface area contributed by atoms with E-state index in [0.29, 0.717) is 18.3 Å². The van der Waals surface area contributed by atoms with Crippen LogP contribution >= 0.6 is 11.8 Å². The molecule has 0 N–H and O–H groups in total. The summed E-state index contributed by atoms with van der Waals surface area (Å²) in [6.45, 7) is 6.45. The predicted molar refractivity (Wildman–Crippen MR) is 48.8 cm³/mol. The molecule has 0 saturated carbocycles. The van der Waals surface area contributed by atoms with Crippen molar-refractivity contribution in [1.29, 1.82) is 0 Å². The first-order valence-electron chi connectivity index (χ1n) is 3.97. The minimum absolute atomic E-state index is 0.0825. The maximum atomic E-state index is 10.9. The first-order valence-corrected chi connectivity index (χ1v) is 5.02. The number of ether oxygens (including phenoxy) is 1. The van der Waals surface area contributed by atoms with Crippen molar-refractivity contribution in [3.05, 3.63) is 0 Å². The Hall–Kier alpha value is -0.180. The zero-order valence-corrected chi connectivity index (χ0v) is 8.24. The lowest BCUT2D eigenvalue weighted by Crippen LogP contribution is -2.10. The Morgan fingerprint density at radius 1 is 1.55 bits per heavy atom. The molecule has 0 aliphatic carbocycles. The number of rotatable bonds is 5. The molecular weight excluding hydrogens is 160 g/mol. The summed E-state index contributed by atoms with van der Waals surface area (Å²) in [6.07, 6.45) is 0.534. The fraction of sp³-hybridized carbons (Fsp3) is 0.875. The van der Waals surface area contributed by atoms with Gasteiger partial charge in [-0.1, -0.05) is 13.8 Å². The average Bonchev–Trinajstić information content (AvgIpc) is 1.87. The third-order valence-electron chi connectivity index (χ3n) is 1.21. The highest BCUT2D eigenvalue weighted by Gasteiger charge is 2.08. The molecule has 0 fully saturated rings. The summed E-state index contributed by atoms with van der Waals surface area (Å²) in [4.78, 5) is 10.9. The smallest absolute Gasteiger partial charge is 0.306 e. The maximum Gasteiger partial charge on any atom is 0.306 e. The summed E-state index contributed by atoms with van der Waals surface area (Å²) < 4.78 is 4.81. The van der Waals surface area contributed by atoms with Crippen LogP contribution < -0.4 is 0 Å². The van der Waals surface area contributed by atoms with E-state index in [2.05, 4.69) is 6.92 Å². The Morgan fingerprint density at radius 3 is 2.64 bits per heavy atom. The molecule has 2 nitrogen and oxygen atoms in total. The largest absolute Gasteiger partial charge is 0.466 e. The van der Waals surface area contributed by atoms with Gasteiger partial charge in [0, 0.05) is 5.25 Å². The van der Waals surface area contributed by atoms with Gasteiger partial charge in [0.1, 0.15) is 0 Å². The zero-order valence-electron chi connectivity index (χ0n) is 7.42. The van der Waals surface area contributed by atoms with E-state index in [4.69, 9.17) is 4.74 Å². The Kier molecular flexibility index (Phi) is 6.42. The summed E-state index contributed by atoms with van der Waals surface area (Å²) in [5, 5.41) is 0.388. The number of hydrogen-bond acceptors (Lipinski definition) is 3. The first kappa shape index (κ1) is 10.8. The summed E-state index contributed by atoms with van der Waals surface area (Å²) in [6, 6.07) is 0. The van der Waals surface area contributed by atoms with Gasteiger partial charge in [0.25, 0.3) is 0 Å². The second-order valence-corrected chi connectivity index (χ2v) is 3.99. The first-order chi connectivity index (χ1) is 5.20. The molecule has 0 rings (SSSR count). The van der Waals surface area contributed by atoms with Crippen LogP contribution in [0.3, 0.4) is 0 Å². The average molecular weight is 176 g/mol. The van der Waals surface area contributed by atoms with Crippen LogP contribution in [-0.4, -0.2) is 23.6 Å². The van der Waals surface area contributed by atoms with Gasteiger partial charge in [0.15, 0.2) is 0 Å². The lowest BCUT2D eigenvalue weighted by atomic mass is 10.3. The van der Waals surface area contributed by atoms with Crippen LogP contribution in [0.4, 0.5) is 0 Å². The van der Waals surface area contributed by atoms with Gasteiger partial charge in [0.05, 0.1) is 13.0 Å². The Labute approximate surface area is 72.7 Å². The lowest BCUT2D eigenvalue weighted by Gasteiger charge is -2.07. The molecule has 0 aromatic carbocycles. The van der Waals surface area contributed by atoms with Gasteiger partial charge in [0.2, 0.25) is 0 Å². The minimum atomic E-state index is -0.0825. The topological polar surface area (TPSA) is 26.3 Å². The number of hydrogen-bond donors (Lipinski definition) is 0. The van der Waals surface area contributed by atoms with E-state index >= 15 is 0 Å². The quantitative estimate of drug-likeness (QED) is 0.600. The van der Waals surface area contributed by atoms with Crippen molar-refractivity contribution < 1.29 is 9.53 Å². The van der Waals surface area contributed by atoms with E-state index in [9.17, 15) is 4.79 Å². The fourth-order valence-corrected chi connectivity index (χ4v) is 1.62. The molecule has 1 atom stereocenters. The van der Waals surface area contributed by atoms with Crippen molar-refractivity contribution in [3.8, 4) is 0 Å². The molecular formula is C8H16O2S. The molecule has 0 amide bonds. The monoisotopic (exact) mass is 176 g/mol. The summed E-state index contributed by atoms with van der Waals surface area (Å²) in [5.74, 6) is 0.974. The Bertz CT molecular complexity index is 115. The summed E-state index contributed by atoms with van der Waals surface area (Å²) in [7, 11) is 0. The number of thioether (sulfide) groups is 1. The molecule has 11 heavy (non-hydrogen) atoms. The van der Waals surface area contributed by atoms with E-state index < -0.39 is 0 Å². The van der Waals surface area contributed by atoms with Crippen LogP contribution in [0.15, 0.2) is 0 Å². The molecule has 0 saturated heterocycles. The van der Waals surface area contributed by atoms with Crippen LogP contribution in [0, 0.1) is 0 Å². The number of carbonyl (C=O) groups excluding carboxylic acids is 1. The molecule has 0 unspecified atom stereocenters. The SMILES string of the molecule is CCOC(=O)C[C@@H](C)SCC.